The Hall–Kier alpha value is -0.710. The molecule has 0 fully saturated rings. The number of rotatable bonds is 4. The minimum Gasteiger partial charge on any atom is -0.497 e. The lowest BCUT2D eigenvalue weighted by molar-refractivity contribution is -0.483. The van der Waals surface area contributed by atoms with Crippen LogP contribution >= 0.6 is 34.8 Å². The van der Waals surface area contributed by atoms with Crippen molar-refractivity contribution in [3.8, 4) is 5.75 Å². The summed E-state index contributed by atoms with van der Waals surface area (Å²) >= 11 is 17.2. The van der Waals surface area contributed by atoms with Gasteiger partial charge in [-0.25, -0.2) is 0 Å². The molecule has 0 aliphatic heterocycles. The highest BCUT2D eigenvalue weighted by atomic mass is 35.6. The number of benzene rings is 1. The van der Waals surface area contributed by atoms with Gasteiger partial charge in [-0.15, -0.1) is 0 Å². The Morgan fingerprint density at radius 1 is 1.35 bits per heavy atom. The predicted molar refractivity (Wildman–Crippen MR) is 67.9 cm³/mol. The lowest BCUT2D eigenvalue weighted by Crippen LogP contribution is -2.25. The molecule has 0 aliphatic rings. The fourth-order valence-electron chi connectivity index (χ4n) is 1.38. The smallest absolute Gasteiger partial charge is 0.214 e. The van der Waals surface area contributed by atoms with Crippen LogP contribution in [0.25, 0.3) is 0 Å². The number of hydrogen-bond acceptors (Lipinski definition) is 3. The Balaban J connectivity index is 3.00. The van der Waals surface area contributed by atoms with Crippen molar-refractivity contribution in [2.45, 2.75) is 9.71 Å². The number of halogens is 3. The van der Waals surface area contributed by atoms with E-state index in [4.69, 9.17) is 39.5 Å². The summed E-state index contributed by atoms with van der Waals surface area (Å²) in [6, 6.07) is 6.63. The van der Waals surface area contributed by atoms with Crippen LogP contribution in [0.1, 0.15) is 11.5 Å². The molecule has 1 aromatic carbocycles. The van der Waals surface area contributed by atoms with Crippen molar-refractivity contribution < 1.29 is 9.66 Å². The van der Waals surface area contributed by atoms with Gasteiger partial charge >= 0.3 is 0 Å². The maximum Gasteiger partial charge on any atom is 0.214 e. The van der Waals surface area contributed by atoms with E-state index >= 15 is 0 Å². The molecular weight excluding hydrogens is 288 g/mol. The van der Waals surface area contributed by atoms with Gasteiger partial charge in [0, 0.05) is 4.92 Å². The summed E-state index contributed by atoms with van der Waals surface area (Å²) in [6.07, 6.45) is 0. The van der Waals surface area contributed by atoms with E-state index in [-0.39, 0.29) is 0 Å². The Bertz CT molecular complexity index is 389. The third kappa shape index (κ3) is 4.22. The Morgan fingerprint density at radius 3 is 2.24 bits per heavy atom. The van der Waals surface area contributed by atoms with Crippen LogP contribution < -0.4 is 4.74 Å². The first-order chi connectivity index (χ1) is 7.84. The van der Waals surface area contributed by atoms with Gasteiger partial charge in [0.2, 0.25) is 10.3 Å². The van der Waals surface area contributed by atoms with Crippen molar-refractivity contribution in [2.75, 3.05) is 13.7 Å². The first kappa shape index (κ1) is 14.4. The second kappa shape index (κ2) is 5.76. The van der Waals surface area contributed by atoms with Gasteiger partial charge in [0.05, 0.1) is 13.0 Å². The van der Waals surface area contributed by atoms with Crippen molar-refractivity contribution in [3.05, 3.63) is 39.9 Å². The Morgan fingerprint density at radius 2 is 1.88 bits per heavy atom. The average molecular weight is 299 g/mol. The first-order valence-electron chi connectivity index (χ1n) is 4.67. The molecule has 0 N–H and O–H groups in total. The molecule has 0 spiro atoms. The van der Waals surface area contributed by atoms with E-state index in [0.717, 1.165) is 0 Å². The van der Waals surface area contributed by atoms with Crippen LogP contribution in [0.4, 0.5) is 0 Å². The zero-order chi connectivity index (χ0) is 13.1. The molecule has 0 amide bonds. The van der Waals surface area contributed by atoms with Gasteiger partial charge in [0.1, 0.15) is 5.75 Å². The van der Waals surface area contributed by atoms with Crippen LogP contribution in [0, 0.1) is 10.1 Å². The van der Waals surface area contributed by atoms with Gasteiger partial charge in [-0.1, -0.05) is 46.9 Å². The van der Waals surface area contributed by atoms with Gasteiger partial charge in [-0.2, -0.15) is 0 Å². The largest absolute Gasteiger partial charge is 0.497 e. The molecule has 0 bridgehead atoms. The van der Waals surface area contributed by atoms with Crippen molar-refractivity contribution >= 4 is 34.8 Å². The summed E-state index contributed by atoms with van der Waals surface area (Å²) in [4.78, 5) is 10.1. The van der Waals surface area contributed by atoms with E-state index in [1.807, 2.05) is 0 Å². The molecule has 0 aliphatic carbocycles. The summed E-state index contributed by atoms with van der Waals surface area (Å²) in [5.41, 5.74) is 0.586. The fourth-order valence-corrected chi connectivity index (χ4v) is 1.97. The number of methoxy groups -OCH3 is 1. The summed E-state index contributed by atoms with van der Waals surface area (Å²) in [7, 11) is 1.53. The maximum atomic E-state index is 10.6. The first-order valence-corrected chi connectivity index (χ1v) is 5.80. The van der Waals surface area contributed by atoms with Gasteiger partial charge in [-0.05, 0) is 17.7 Å². The lowest BCUT2D eigenvalue weighted by atomic mass is 10.0. The highest BCUT2D eigenvalue weighted by Gasteiger charge is 2.37. The number of hydrogen-bond donors (Lipinski definition) is 0. The van der Waals surface area contributed by atoms with Crippen molar-refractivity contribution in [1.29, 1.82) is 0 Å². The molecule has 0 aromatic heterocycles. The predicted octanol–water partition coefficient (Wildman–Crippen LogP) is 3.43. The van der Waals surface area contributed by atoms with Gasteiger partial charge < -0.3 is 4.74 Å². The Labute approximate surface area is 114 Å². The summed E-state index contributed by atoms with van der Waals surface area (Å²) in [5, 5.41) is 10.6. The van der Waals surface area contributed by atoms with Crippen molar-refractivity contribution in [3.63, 3.8) is 0 Å². The Kier molecular flexibility index (Phi) is 4.86. The van der Waals surface area contributed by atoms with E-state index in [0.29, 0.717) is 11.3 Å². The topological polar surface area (TPSA) is 52.4 Å². The van der Waals surface area contributed by atoms with Gasteiger partial charge in [0.25, 0.3) is 0 Å². The average Bonchev–Trinajstić information content (AvgIpc) is 2.24. The normalized spacial score (nSPS) is 13.2. The quantitative estimate of drug-likeness (QED) is 0.486. The van der Waals surface area contributed by atoms with E-state index in [1.54, 1.807) is 24.3 Å². The molecule has 1 rings (SSSR count). The van der Waals surface area contributed by atoms with Crippen LogP contribution in [-0.4, -0.2) is 22.4 Å². The third-order valence-electron chi connectivity index (χ3n) is 2.24. The van der Waals surface area contributed by atoms with Crippen LogP contribution in [0.5, 0.6) is 5.75 Å². The molecule has 7 heteroatoms. The van der Waals surface area contributed by atoms with Crippen LogP contribution in [0.2, 0.25) is 0 Å². The molecule has 0 saturated heterocycles. The third-order valence-corrected chi connectivity index (χ3v) is 3.04. The molecular formula is C10H10Cl3NO3. The minimum atomic E-state index is -1.72. The molecule has 4 nitrogen and oxygen atoms in total. The molecule has 0 radical (unpaired) electrons. The summed E-state index contributed by atoms with van der Waals surface area (Å²) in [5.74, 6) is -0.161. The standard InChI is InChI=1S/C10H10Cl3NO3/c1-17-8-4-2-7(3-5-8)9(6-14(15)16)10(11,12)13/h2-5,9H,6H2,1H3/t9-/m1/s1. The lowest BCUT2D eigenvalue weighted by Gasteiger charge is -2.21. The molecule has 1 aromatic rings. The fraction of sp³-hybridized carbons (Fsp3) is 0.400. The number of nitrogens with zero attached hydrogens (tertiary/aromatic N) is 1. The zero-order valence-corrected chi connectivity index (χ0v) is 11.2. The molecule has 0 heterocycles. The number of alkyl halides is 3. The maximum absolute atomic E-state index is 10.6. The monoisotopic (exact) mass is 297 g/mol. The molecule has 17 heavy (non-hydrogen) atoms. The molecule has 94 valence electrons. The summed E-state index contributed by atoms with van der Waals surface area (Å²) in [6.45, 7) is -0.442. The van der Waals surface area contributed by atoms with Crippen molar-refractivity contribution in [1.82, 2.24) is 0 Å². The van der Waals surface area contributed by atoms with Crippen LogP contribution in [0.15, 0.2) is 24.3 Å². The van der Waals surface area contributed by atoms with Gasteiger partial charge in [-0.3, -0.25) is 10.1 Å². The zero-order valence-electron chi connectivity index (χ0n) is 8.90. The second-order valence-electron chi connectivity index (χ2n) is 3.38. The highest BCUT2D eigenvalue weighted by Crippen LogP contribution is 2.41. The highest BCUT2D eigenvalue weighted by molar-refractivity contribution is 6.68. The second-order valence-corrected chi connectivity index (χ2v) is 5.75. The van der Waals surface area contributed by atoms with Crippen molar-refractivity contribution in [2.24, 2.45) is 0 Å². The molecule has 0 unspecified atom stereocenters. The van der Waals surface area contributed by atoms with Crippen LogP contribution in [-0.2, 0) is 0 Å². The number of nitro groups is 1. The number of ether oxygens (including phenoxy) is 1. The molecule has 1 atom stereocenters. The van der Waals surface area contributed by atoms with E-state index in [1.165, 1.54) is 7.11 Å². The minimum absolute atomic E-state index is 0.442. The van der Waals surface area contributed by atoms with E-state index in [2.05, 4.69) is 0 Å². The molecule has 0 saturated carbocycles. The van der Waals surface area contributed by atoms with E-state index < -0.39 is 21.2 Å². The van der Waals surface area contributed by atoms with Crippen LogP contribution in [0.3, 0.4) is 0 Å². The van der Waals surface area contributed by atoms with E-state index in [9.17, 15) is 10.1 Å². The summed E-state index contributed by atoms with van der Waals surface area (Å²) < 4.78 is 3.26. The SMILES string of the molecule is COc1ccc([C@@H](C[N+](=O)[O-])C(Cl)(Cl)Cl)cc1. The van der Waals surface area contributed by atoms with Gasteiger partial charge in [0.15, 0.2) is 0 Å².